The molecule has 7 nitrogen and oxygen atoms in total. The normalized spacial score (nSPS) is 10.8. The fourth-order valence-corrected chi connectivity index (χ4v) is 2.92. The number of hydrogen-bond acceptors (Lipinski definition) is 4. The smallest absolute Gasteiger partial charge is 0.261 e. The number of nitrogens with two attached hydrogens (primary N) is 1. The van der Waals surface area contributed by atoms with Crippen molar-refractivity contribution >= 4 is 33.2 Å². The number of primary amides is 1. The van der Waals surface area contributed by atoms with Gasteiger partial charge in [0, 0.05) is 23.9 Å². The molecule has 2 aromatic carbocycles. The van der Waals surface area contributed by atoms with Crippen LogP contribution < -0.4 is 15.8 Å². The van der Waals surface area contributed by atoms with E-state index in [1.54, 1.807) is 0 Å². The molecule has 2 amide bonds. The quantitative estimate of drug-likeness (QED) is 0.769. The third-order valence-corrected chi connectivity index (χ3v) is 4.28. The molecule has 0 unspecified atom stereocenters. The van der Waals surface area contributed by atoms with Crippen molar-refractivity contribution in [2.75, 3.05) is 10.0 Å². The van der Waals surface area contributed by atoms with Gasteiger partial charge in [0.15, 0.2) is 0 Å². The highest BCUT2D eigenvalue weighted by Crippen LogP contribution is 2.19. The third kappa shape index (κ3) is 4.30. The van der Waals surface area contributed by atoms with Gasteiger partial charge in [-0.15, -0.1) is 0 Å². The number of rotatable bonds is 5. The lowest BCUT2D eigenvalue weighted by Gasteiger charge is -2.09. The number of carbonyl (C=O) groups is 2. The van der Waals surface area contributed by atoms with Crippen LogP contribution in [0.15, 0.2) is 53.4 Å². The van der Waals surface area contributed by atoms with Crippen molar-refractivity contribution in [2.24, 2.45) is 5.73 Å². The van der Waals surface area contributed by atoms with Gasteiger partial charge in [0.05, 0.1) is 4.90 Å². The molecule has 4 N–H and O–H groups in total. The lowest BCUT2D eigenvalue weighted by atomic mass is 10.2. The molecule has 0 spiro atoms. The molecular weight excluding hydrogens is 318 g/mol. The first-order valence-electron chi connectivity index (χ1n) is 6.58. The summed E-state index contributed by atoms with van der Waals surface area (Å²) in [5.41, 5.74) is 6.09. The van der Waals surface area contributed by atoms with Crippen LogP contribution in [-0.2, 0) is 14.8 Å². The molecule has 0 aliphatic rings. The molecule has 0 aliphatic heterocycles. The van der Waals surface area contributed by atoms with Crippen molar-refractivity contribution in [3.05, 3.63) is 54.1 Å². The lowest BCUT2D eigenvalue weighted by molar-refractivity contribution is -0.114. The zero-order valence-corrected chi connectivity index (χ0v) is 13.1. The van der Waals surface area contributed by atoms with Crippen molar-refractivity contribution in [2.45, 2.75) is 11.8 Å². The average molecular weight is 333 g/mol. The summed E-state index contributed by atoms with van der Waals surface area (Å²) in [5.74, 6) is -0.896. The van der Waals surface area contributed by atoms with E-state index < -0.39 is 15.9 Å². The molecular formula is C15H15N3O4S. The number of amides is 2. The Morgan fingerprint density at radius 1 is 1.00 bits per heavy atom. The SMILES string of the molecule is CC(=O)Nc1ccc(S(=O)(=O)Nc2cccc(C(N)=O)c2)cc1. The van der Waals surface area contributed by atoms with E-state index >= 15 is 0 Å². The van der Waals surface area contributed by atoms with Crippen molar-refractivity contribution in [1.29, 1.82) is 0 Å². The van der Waals surface area contributed by atoms with E-state index in [2.05, 4.69) is 10.0 Å². The summed E-state index contributed by atoms with van der Waals surface area (Å²) in [6.45, 7) is 1.36. The van der Waals surface area contributed by atoms with E-state index in [1.165, 1.54) is 55.5 Å². The predicted octanol–water partition coefficient (Wildman–Crippen LogP) is 1.54. The Bertz CT molecular complexity index is 845. The van der Waals surface area contributed by atoms with Crippen LogP contribution in [0.1, 0.15) is 17.3 Å². The molecule has 0 heterocycles. The zero-order chi connectivity index (χ0) is 17.0. The van der Waals surface area contributed by atoms with Crippen LogP contribution in [-0.4, -0.2) is 20.2 Å². The van der Waals surface area contributed by atoms with E-state index in [4.69, 9.17) is 5.73 Å². The number of carbonyl (C=O) groups excluding carboxylic acids is 2. The van der Waals surface area contributed by atoms with Gasteiger partial charge in [0.2, 0.25) is 11.8 Å². The van der Waals surface area contributed by atoms with Crippen molar-refractivity contribution < 1.29 is 18.0 Å². The first-order valence-corrected chi connectivity index (χ1v) is 8.06. The van der Waals surface area contributed by atoms with Crippen molar-refractivity contribution in [1.82, 2.24) is 0 Å². The van der Waals surface area contributed by atoms with Crippen LogP contribution in [0.25, 0.3) is 0 Å². The van der Waals surface area contributed by atoms with E-state index in [0.717, 1.165) is 0 Å². The second-order valence-electron chi connectivity index (χ2n) is 4.76. The fourth-order valence-electron chi connectivity index (χ4n) is 1.87. The van der Waals surface area contributed by atoms with E-state index in [-0.39, 0.29) is 22.1 Å². The molecule has 2 aromatic rings. The fraction of sp³-hybridized carbons (Fsp3) is 0.0667. The molecule has 8 heteroatoms. The van der Waals surface area contributed by atoms with Gasteiger partial charge in [-0.1, -0.05) is 6.07 Å². The maximum absolute atomic E-state index is 12.3. The molecule has 0 saturated heterocycles. The van der Waals surface area contributed by atoms with Gasteiger partial charge in [0.25, 0.3) is 10.0 Å². The molecule has 0 fully saturated rings. The minimum atomic E-state index is -3.82. The standard InChI is InChI=1S/C15H15N3O4S/c1-10(19)17-12-5-7-14(8-6-12)23(21,22)18-13-4-2-3-11(9-13)15(16)20/h2-9,18H,1H3,(H2,16,20)(H,17,19). The molecule has 0 aromatic heterocycles. The summed E-state index contributed by atoms with van der Waals surface area (Å²) < 4.78 is 27.0. The Balaban J connectivity index is 2.23. The molecule has 0 aliphatic carbocycles. The van der Waals surface area contributed by atoms with Crippen molar-refractivity contribution in [3.8, 4) is 0 Å². The third-order valence-electron chi connectivity index (χ3n) is 2.88. The Kier molecular flexibility index (Phi) is 4.65. The molecule has 0 radical (unpaired) electrons. The first-order chi connectivity index (χ1) is 10.8. The minimum Gasteiger partial charge on any atom is -0.366 e. The number of anilines is 2. The van der Waals surface area contributed by atoms with Gasteiger partial charge in [0.1, 0.15) is 0 Å². The molecule has 23 heavy (non-hydrogen) atoms. The lowest BCUT2D eigenvalue weighted by Crippen LogP contribution is -2.15. The molecule has 120 valence electrons. The Morgan fingerprint density at radius 3 is 2.22 bits per heavy atom. The predicted molar refractivity (Wildman–Crippen MR) is 86.5 cm³/mol. The highest BCUT2D eigenvalue weighted by Gasteiger charge is 2.14. The maximum atomic E-state index is 12.3. The number of benzene rings is 2. The average Bonchev–Trinajstić information content (AvgIpc) is 2.47. The van der Waals surface area contributed by atoms with Crippen LogP contribution >= 0.6 is 0 Å². The number of sulfonamides is 1. The summed E-state index contributed by atoms with van der Waals surface area (Å²) in [5, 5.41) is 2.55. The molecule has 0 saturated carbocycles. The van der Waals surface area contributed by atoms with Gasteiger partial charge in [-0.3, -0.25) is 14.3 Å². The Morgan fingerprint density at radius 2 is 1.65 bits per heavy atom. The van der Waals surface area contributed by atoms with Crippen LogP contribution in [0, 0.1) is 0 Å². The van der Waals surface area contributed by atoms with Crippen molar-refractivity contribution in [3.63, 3.8) is 0 Å². The summed E-state index contributed by atoms with van der Waals surface area (Å²) in [4.78, 5) is 22.1. The summed E-state index contributed by atoms with van der Waals surface area (Å²) in [6, 6.07) is 11.6. The Labute approximate surface area is 133 Å². The van der Waals surface area contributed by atoms with E-state index in [0.29, 0.717) is 5.69 Å². The van der Waals surface area contributed by atoms with Gasteiger partial charge in [-0.25, -0.2) is 8.42 Å². The minimum absolute atomic E-state index is 0.0241. The van der Waals surface area contributed by atoms with Gasteiger partial charge in [-0.05, 0) is 42.5 Å². The monoisotopic (exact) mass is 333 g/mol. The Hall–Kier alpha value is -2.87. The van der Waals surface area contributed by atoms with Crippen LogP contribution in [0.5, 0.6) is 0 Å². The second-order valence-corrected chi connectivity index (χ2v) is 6.44. The molecule has 0 bridgehead atoms. The number of nitrogens with one attached hydrogen (secondary N) is 2. The van der Waals surface area contributed by atoms with Crippen LogP contribution in [0.2, 0.25) is 0 Å². The molecule has 2 rings (SSSR count). The summed E-state index contributed by atoms with van der Waals surface area (Å²) >= 11 is 0. The largest absolute Gasteiger partial charge is 0.366 e. The van der Waals surface area contributed by atoms with E-state index in [1.807, 2.05) is 0 Å². The van der Waals surface area contributed by atoms with Gasteiger partial charge < -0.3 is 11.1 Å². The molecule has 0 atom stereocenters. The summed E-state index contributed by atoms with van der Waals surface area (Å²) in [7, 11) is -3.82. The van der Waals surface area contributed by atoms with Crippen LogP contribution in [0.3, 0.4) is 0 Å². The summed E-state index contributed by atoms with van der Waals surface area (Å²) in [6.07, 6.45) is 0. The van der Waals surface area contributed by atoms with E-state index in [9.17, 15) is 18.0 Å². The van der Waals surface area contributed by atoms with Gasteiger partial charge >= 0.3 is 0 Å². The first kappa shape index (κ1) is 16.5. The highest BCUT2D eigenvalue weighted by molar-refractivity contribution is 7.92. The zero-order valence-electron chi connectivity index (χ0n) is 12.2. The second kappa shape index (κ2) is 6.49. The topological polar surface area (TPSA) is 118 Å². The number of hydrogen-bond donors (Lipinski definition) is 3. The maximum Gasteiger partial charge on any atom is 0.261 e. The highest BCUT2D eigenvalue weighted by atomic mass is 32.2. The van der Waals surface area contributed by atoms with Gasteiger partial charge in [-0.2, -0.15) is 0 Å². The van der Waals surface area contributed by atoms with Crippen LogP contribution in [0.4, 0.5) is 11.4 Å².